The number of rotatable bonds is 15. The molecule has 4 atom stereocenters. The lowest BCUT2D eigenvalue weighted by atomic mass is 10.1. The molecule has 0 fully saturated rings. The molecule has 0 bridgehead atoms. The predicted molar refractivity (Wildman–Crippen MR) is 143 cm³/mol. The predicted octanol–water partition coefficient (Wildman–Crippen LogP) is 7.47. The average molecular weight is 495 g/mol. The second-order valence-electron chi connectivity index (χ2n) is 11.3. The molecular formula is C22H54O4Si4. The van der Waals surface area contributed by atoms with Crippen LogP contribution in [0.3, 0.4) is 0 Å². The Kier molecular flexibility index (Phi) is 12.5. The highest BCUT2D eigenvalue weighted by Gasteiger charge is 2.43. The molecule has 4 nitrogen and oxygen atoms in total. The van der Waals surface area contributed by atoms with Gasteiger partial charge in [0.2, 0.25) is 0 Å². The largest absolute Gasteiger partial charge is 0.412 e. The monoisotopic (exact) mass is 494 g/mol. The van der Waals surface area contributed by atoms with Crippen molar-refractivity contribution in [3.63, 3.8) is 0 Å². The summed E-state index contributed by atoms with van der Waals surface area (Å²) in [6, 6.07) is 4.36. The van der Waals surface area contributed by atoms with Gasteiger partial charge in [-0.05, 0) is 90.4 Å². The van der Waals surface area contributed by atoms with Crippen LogP contribution in [0.4, 0.5) is 0 Å². The van der Waals surface area contributed by atoms with E-state index in [1.54, 1.807) is 0 Å². The Bertz CT molecular complexity index is 454. The van der Waals surface area contributed by atoms with Crippen LogP contribution >= 0.6 is 0 Å². The third-order valence-electron chi connectivity index (χ3n) is 6.57. The van der Waals surface area contributed by atoms with E-state index >= 15 is 0 Å². The summed E-state index contributed by atoms with van der Waals surface area (Å²) in [5, 5.41) is 0. The van der Waals surface area contributed by atoms with Gasteiger partial charge in [-0.2, -0.15) is 0 Å². The topological polar surface area (TPSA) is 36.9 Å². The lowest BCUT2D eigenvalue weighted by Crippen LogP contribution is -2.57. The Morgan fingerprint density at radius 1 is 0.433 bits per heavy atom. The van der Waals surface area contributed by atoms with Gasteiger partial charge in [0.05, 0.1) is 24.4 Å². The first-order chi connectivity index (χ1) is 13.4. The average Bonchev–Trinajstić information content (AvgIpc) is 2.63. The van der Waals surface area contributed by atoms with Crippen LogP contribution in [-0.4, -0.2) is 57.7 Å². The molecule has 30 heavy (non-hydrogen) atoms. The maximum Gasteiger partial charge on any atom is 0.187 e. The van der Waals surface area contributed by atoms with Gasteiger partial charge in [0.25, 0.3) is 0 Å². The van der Waals surface area contributed by atoms with E-state index in [-0.39, 0.29) is 24.4 Å². The maximum absolute atomic E-state index is 6.93. The molecule has 0 amide bonds. The molecule has 0 spiro atoms. The zero-order valence-corrected chi connectivity index (χ0v) is 26.8. The van der Waals surface area contributed by atoms with Gasteiger partial charge in [0, 0.05) is 0 Å². The summed E-state index contributed by atoms with van der Waals surface area (Å²) in [4.78, 5) is 0. The fourth-order valence-corrected chi connectivity index (χ4v) is 8.14. The molecule has 0 radical (unpaired) electrons. The fourth-order valence-electron chi connectivity index (χ4n) is 3.07. The Labute approximate surface area is 193 Å². The lowest BCUT2D eigenvalue weighted by Gasteiger charge is -2.45. The second kappa shape index (κ2) is 12.2. The molecule has 0 aliphatic heterocycles. The summed E-state index contributed by atoms with van der Waals surface area (Å²) in [6.45, 7) is 31.8. The molecule has 8 heteroatoms. The van der Waals surface area contributed by atoms with Crippen molar-refractivity contribution in [3.05, 3.63) is 0 Å². The smallest absolute Gasteiger partial charge is 0.187 e. The molecular weight excluding hydrogens is 441 g/mol. The van der Waals surface area contributed by atoms with Crippen molar-refractivity contribution < 1.29 is 17.7 Å². The van der Waals surface area contributed by atoms with Crippen LogP contribution in [0.1, 0.15) is 41.5 Å². The van der Waals surface area contributed by atoms with Gasteiger partial charge in [-0.25, -0.2) is 0 Å². The van der Waals surface area contributed by atoms with Crippen molar-refractivity contribution in [2.24, 2.45) is 0 Å². The zero-order chi connectivity index (χ0) is 24.0. The third-order valence-corrected chi connectivity index (χ3v) is 17.2. The fraction of sp³-hybridized carbons (Fsp3) is 1.00. The summed E-state index contributed by atoms with van der Waals surface area (Å²) in [5.41, 5.74) is 0. The number of hydrogen-bond acceptors (Lipinski definition) is 4. The summed E-state index contributed by atoms with van der Waals surface area (Å²) >= 11 is 0. The van der Waals surface area contributed by atoms with Crippen LogP contribution in [0.5, 0.6) is 0 Å². The van der Waals surface area contributed by atoms with E-state index in [2.05, 4.69) is 93.9 Å². The van der Waals surface area contributed by atoms with E-state index in [1.807, 2.05) is 0 Å². The highest BCUT2D eigenvalue weighted by molar-refractivity contribution is 6.72. The van der Waals surface area contributed by atoms with Crippen molar-refractivity contribution in [2.75, 3.05) is 0 Å². The third kappa shape index (κ3) is 11.0. The van der Waals surface area contributed by atoms with Crippen molar-refractivity contribution >= 4 is 33.3 Å². The van der Waals surface area contributed by atoms with E-state index < -0.39 is 33.3 Å². The zero-order valence-electron chi connectivity index (χ0n) is 22.8. The molecule has 0 heterocycles. The summed E-state index contributed by atoms with van der Waals surface area (Å²) in [5.74, 6) is 0. The Hall–Kier alpha value is 0.708. The van der Waals surface area contributed by atoms with Gasteiger partial charge in [-0.1, -0.05) is 27.7 Å². The van der Waals surface area contributed by atoms with Crippen LogP contribution in [0.2, 0.25) is 76.6 Å². The Morgan fingerprint density at radius 2 is 0.633 bits per heavy atom. The summed E-state index contributed by atoms with van der Waals surface area (Å²) < 4.78 is 27.3. The van der Waals surface area contributed by atoms with Crippen molar-refractivity contribution in [1.29, 1.82) is 0 Å². The van der Waals surface area contributed by atoms with Crippen LogP contribution in [0.15, 0.2) is 0 Å². The molecule has 0 unspecified atom stereocenters. The molecule has 0 aliphatic carbocycles. The molecule has 0 saturated heterocycles. The van der Waals surface area contributed by atoms with E-state index in [4.69, 9.17) is 17.7 Å². The molecule has 0 aliphatic rings. The molecule has 0 rings (SSSR count). The number of hydrogen-bond donors (Lipinski definition) is 0. The molecule has 0 N–H and O–H groups in total. The van der Waals surface area contributed by atoms with Gasteiger partial charge < -0.3 is 17.7 Å². The van der Waals surface area contributed by atoms with E-state index in [0.717, 1.165) is 24.2 Å². The van der Waals surface area contributed by atoms with Gasteiger partial charge in [-0.3, -0.25) is 0 Å². The molecule has 0 aromatic carbocycles. The van der Waals surface area contributed by atoms with Gasteiger partial charge in [-0.15, -0.1) is 0 Å². The minimum atomic E-state index is -1.82. The van der Waals surface area contributed by atoms with E-state index in [0.29, 0.717) is 0 Å². The normalized spacial score (nSPS) is 18.2. The van der Waals surface area contributed by atoms with Crippen LogP contribution in [0, 0.1) is 0 Å². The summed E-state index contributed by atoms with van der Waals surface area (Å²) in [7, 11) is -7.11. The first-order valence-electron chi connectivity index (χ1n) is 12.2. The van der Waals surface area contributed by atoms with Crippen LogP contribution in [0.25, 0.3) is 0 Å². The lowest BCUT2D eigenvalue weighted by molar-refractivity contribution is -0.0696. The second-order valence-corrected chi connectivity index (χ2v) is 29.1. The molecule has 0 aromatic rings. The quantitative estimate of drug-likeness (QED) is 0.221. The van der Waals surface area contributed by atoms with Crippen LogP contribution in [-0.2, 0) is 17.7 Å². The summed E-state index contributed by atoms with van der Waals surface area (Å²) in [6.07, 6.45) is -0.206. The van der Waals surface area contributed by atoms with Gasteiger partial charge in [0.1, 0.15) is 0 Å². The van der Waals surface area contributed by atoms with Gasteiger partial charge in [0.15, 0.2) is 33.3 Å². The van der Waals surface area contributed by atoms with E-state index in [1.165, 1.54) is 0 Å². The first kappa shape index (κ1) is 30.7. The standard InChI is InChI=1S/C22H54O4Si4/c1-15-27(7,8)23-19(5)21(25-29(11,12)17-3)22(26-30(13,14)18-4)20(6)24-28(9,10)16-2/h19-22H,15-18H2,1-14H3/t19-,20+,21-,22+. The SMILES string of the molecule is CC[Si](C)(C)O[C@H]([C@H](O[Si](C)(C)CC)[C@@H](C)O[Si](C)(C)CC)[C@H](C)O[Si](C)(C)CC. The molecule has 182 valence electrons. The van der Waals surface area contributed by atoms with Crippen molar-refractivity contribution in [2.45, 2.75) is 143 Å². The Balaban J connectivity index is 6.13. The highest BCUT2D eigenvalue weighted by atomic mass is 28.4. The molecule has 0 saturated carbocycles. The Morgan fingerprint density at radius 3 is 0.833 bits per heavy atom. The van der Waals surface area contributed by atoms with Crippen molar-refractivity contribution in [3.8, 4) is 0 Å². The van der Waals surface area contributed by atoms with Crippen LogP contribution < -0.4 is 0 Å². The highest BCUT2D eigenvalue weighted by Crippen LogP contribution is 2.30. The maximum atomic E-state index is 6.93. The minimum absolute atomic E-state index is 0.00551. The molecule has 0 aromatic heterocycles. The first-order valence-corrected chi connectivity index (χ1v) is 24.6. The van der Waals surface area contributed by atoms with Gasteiger partial charge >= 0.3 is 0 Å². The van der Waals surface area contributed by atoms with Crippen molar-refractivity contribution in [1.82, 2.24) is 0 Å². The van der Waals surface area contributed by atoms with E-state index in [9.17, 15) is 0 Å². The minimum Gasteiger partial charge on any atom is -0.412 e.